The van der Waals surface area contributed by atoms with Crippen LogP contribution < -0.4 is 0 Å². The van der Waals surface area contributed by atoms with Crippen LogP contribution in [0, 0.1) is 6.92 Å². The molecule has 0 saturated carbocycles. The first-order valence-corrected chi connectivity index (χ1v) is 11.6. The van der Waals surface area contributed by atoms with Gasteiger partial charge in [0.1, 0.15) is 5.60 Å². The molecule has 1 atom stereocenters. The molecule has 9 heteroatoms. The highest BCUT2D eigenvalue weighted by molar-refractivity contribution is 6.36. The number of aliphatic hydroxyl groups excluding tert-OH is 1. The van der Waals surface area contributed by atoms with Crippen molar-refractivity contribution in [3.63, 3.8) is 0 Å². The van der Waals surface area contributed by atoms with Gasteiger partial charge in [-0.2, -0.15) is 0 Å². The zero-order chi connectivity index (χ0) is 24.1. The number of benzene rings is 1. The summed E-state index contributed by atoms with van der Waals surface area (Å²) < 4.78 is 5.49. The van der Waals surface area contributed by atoms with Crippen LogP contribution in [0.2, 0.25) is 10.0 Å². The standard InChI is InChI=1S/C24H27Cl2N3O4/c1-13-17(12-30)20(16-6-5-14(25)9-18(16)26)21-19(27-13)11-29(22(21)31)15-7-8-28(10-15)23(32)33-24(2,3)4/h5-6,9,15,30H,7-8,10-12H2,1-4H3. The van der Waals surface area contributed by atoms with Crippen molar-refractivity contribution in [2.45, 2.75) is 58.9 Å². The van der Waals surface area contributed by atoms with Crippen molar-refractivity contribution in [2.75, 3.05) is 13.1 Å². The number of fused-ring (bicyclic) bond motifs is 1. The van der Waals surface area contributed by atoms with E-state index >= 15 is 0 Å². The number of amides is 2. The highest BCUT2D eigenvalue weighted by Crippen LogP contribution is 2.41. The Morgan fingerprint density at radius 3 is 2.64 bits per heavy atom. The molecule has 1 fully saturated rings. The molecular weight excluding hydrogens is 465 g/mol. The van der Waals surface area contributed by atoms with Crippen molar-refractivity contribution in [1.29, 1.82) is 0 Å². The molecule has 1 saturated heterocycles. The van der Waals surface area contributed by atoms with Crippen LogP contribution in [0.4, 0.5) is 4.79 Å². The molecule has 33 heavy (non-hydrogen) atoms. The van der Waals surface area contributed by atoms with Crippen molar-refractivity contribution >= 4 is 35.2 Å². The molecule has 2 aliphatic heterocycles. The smallest absolute Gasteiger partial charge is 0.410 e. The molecule has 7 nitrogen and oxygen atoms in total. The maximum absolute atomic E-state index is 13.6. The molecule has 1 aromatic heterocycles. The maximum Gasteiger partial charge on any atom is 0.410 e. The summed E-state index contributed by atoms with van der Waals surface area (Å²) >= 11 is 12.6. The summed E-state index contributed by atoms with van der Waals surface area (Å²) in [7, 11) is 0. The molecule has 2 amide bonds. The maximum atomic E-state index is 13.6. The first-order valence-electron chi connectivity index (χ1n) is 10.9. The van der Waals surface area contributed by atoms with Crippen molar-refractivity contribution in [3.05, 3.63) is 50.8 Å². The van der Waals surface area contributed by atoms with Gasteiger partial charge >= 0.3 is 6.09 Å². The second-order valence-corrected chi connectivity index (χ2v) is 10.3. The molecule has 3 heterocycles. The summed E-state index contributed by atoms with van der Waals surface area (Å²) in [5, 5.41) is 11.0. The van der Waals surface area contributed by atoms with Crippen molar-refractivity contribution < 1.29 is 19.4 Å². The predicted octanol–water partition coefficient (Wildman–Crippen LogP) is 4.82. The number of hydrogen-bond acceptors (Lipinski definition) is 5. The third-order valence-corrected chi connectivity index (χ3v) is 6.54. The first kappa shape index (κ1) is 23.8. The molecule has 0 spiro atoms. The lowest BCUT2D eigenvalue weighted by Gasteiger charge is -2.26. The van der Waals surface area contributed by atoms with E-state index in [1.165, 1.54) is 0 Å². The lowest BCUT2D eigenvalue weighted by molar-refractivity contribution is 0.0276. The molecule has 176 valence electrons. The summed E-state index contributed by atoms with van der Waals surface area (Å²) in [6, 6.07) is 4.94. The van der Waals surface area contributed by atoms with Gasteiger partial charge < -0.3 is 19.6 Å². The van der Waals surface area contributed by atoms with Gasteiger partial charge in [-0.15, -0.1) is 0 Å². The van der Waals surface area contributed by atoms with Gasteiger partial charge in [-0.05, 0) is 46.2 Å². The molecule has 0 aliphatic carbocycles. The lowest BCUT2D eigenvalue weighted by Crippen LogP contribution is -2.40. The van der Waals surface area contributed by atoms with Crippen molar-refractivity contribution in [3.8, 4) is 11.1 Å². The zero-order valence-corrected chi connectivity index (χ0v) is 20.6. The second kappa shape index (κ2) is 8.78. The monoisotopic (exact) mass is 491 g/mol. The summed E-state index contributed by atoms with van der Waals surface area (Å²) in [5.41, 5.74) is 2.95. The van der Waals surface area contributed by atoms with Crippen LogP contribution in [0.3, 0.4) is 0 Å². The number of hydrogen-bond donors (Lipinski definition) is 1. The predicted molar refractivity (Wildman–Crippen MR) is 126 cm³/mol. The third-order valence-electron chi connectivity index (χ3n) is 5.99. The van der Waals surface area contributed by atoms with E-state index in [1.807, 2.05) is 27.7 Å². The molecule has 2 aromatic rings. The second-order valence-electron chi connectivity index (χ2n) is 9.46. The van der Waals surface area contributed by atoms with Crippen molar-refractivity contribution in [1.82, 2.24) is 14.8 Å². The molecule has 1 aromatic carbocycles. The van der Waals surface area contributed by atoms with E-state index in [0.717, 1.165) is 0 Å². The van der Waals surface area contributed by atoms with Gasteiger partial charge in [-0.25, -0.2) is 4.79 Å². The Kier molecular flexibility index (Phi) is 6.33. The van der Waals surface area contributed by atoms with Crippen LogP contribution in [0.5, 0.6) is 0 Å². The molecule has 0 bridgehead atoms. The van der Waals surface area contributed by atoms with Crippen LogP contribution in [0.1, 0.15) is 54.5 Å². The van der Waals surface area contributed by atoms with Gasteiger partial charge in [0.25, 0.3) is 5.91 Å². The Morgan fingerprint density at radius 1 is 1.27 bits per heavy atom. The highest BCUT2D eigenvalue weighted by Gasteiger charge is 2.41. The normalized spacial score (nSPS) is 18.2. The molecule has 4 rings (SSSR count). The fourth-order valence-corrected chi connectivity index (χ4v) is 4.99. The Bertz CT molecular complexity index is 1130. The summed E-state index contributed by atoms with van der Waals surface area (Å²) in [6.07, 6.45) is 0.279. The zero-order valence-electron chi connectivity index (χ0n) is 19.1. The van der Waals surface area contributed by atoms with E-state index in [2.05, 4.69) is 4.98 Å². The van der Waals surface area contributed by atoms with E-state index in [1.54, 1.807) is 28.0 Å². The Morgan fingerprint density at radius 2 is 2.00 bits per heavy atom. The van der Waals surface area contributed by atoms with Gasteiger partial charge in [0, 0.05) is 45.5 Å². The van der Waals surface area contributed by atoms with Gasteiger partial charge in [0.2, 0.25) is 0 Å². The van der Waals surface area contributed by atoms with E-state index < -0.39 is 5.60 Å². The number of carbonyl (C=O) groups is 2. The van der Waals surface area contributed by atoms with Gasteiger partial charge in [-0.3, -0.25) is 9.78 Å². The third kappa shape index (κ3) is 4.54. The SMILES string of the molecule is Cc1nc2c(c(-c3ccc(Cl)cc3Cl)c1CO)C(=O)N(C1CCN(C(=O)OC(C)(C)C)C1)C2. The van der Waals surface area contributed by atoms with E-state index in [9.17, 15) is 14.7 Å². The van der Waals surface area contributed by atoms with Gasteiger partial charge in [0.05, 0.1) is 30.5 Å². The summed E-state index contributed by atoms with van der Waals surface area (Å²) in [4.78, 5) is 34.2. The number of aromatic nitrogens is 1. The Balaban J connectivity index is 1.67. The topological polar surface area (TPSA) is 83.0 Å². The number of ether oxygens (including phenoxy) is 1. The van der Waals surface area contributed by atoms with Gasteiger partial charge in [-0.1, -0.05) is 29.3 Å². The summed E-state index contributed by atoms with van der Waals surface area (Å²) in [6.45, 7) is 8.28. The minimum absolute atomic E-state index is 0.148. The Labute approximate surface area is 203 Å². The number of aliphatic hydroxyl groups is 1. The van der Waals surface area contributed by atoms with Crippen LogP contribution in [-0.4, -0.2) is 56.6 Å². The molecule has 2 aliphatic rings. The fourth-order valence-electron chi connectivity index (χ4n) is 4.49. The summed E-state index contributed by atoms with van der Waals surface area (Å²) in [5.74, 6) is -0.177. The van der Waals surface area contributed by atoms with Crippen molar-refractivity contribution in [2.24, 2.45) is 0 Å². The number of carbonyl (C=O) groups excluding carboxylic acids is 2. The number of rotatable bonds is 3. The minimum Gasteiger partial charge on any atom is -0.444 e. The average molecular weight is 492 g/mol. The molecule has 1 unspecified atom stereocenters. The fraction of sp³-hybridized carbons (Fsp3) is 0.458. The van der Waals surface area contributed by atoms with Crippen LogP contribution in [-0.2, 0) is 17.9 Å². The molecule has 1 N–H and O–H groups in total. The highest BCUT2D eigenvalue weighted by atomic mass is 35.5. The van der Waals surface area contributed by atoms with E-state index in [-0.39, 0.29) is 24.6 Å². The number of halogens is 2. The molecular formula is C24H27Cl2N3O4. The number of nitrogens with zero attached hydrogens (tertiary/aromatic N) is 3. The van der Waals surface area contributed by atoms with E-state index in [0.29, 0.717) is 69.7 Å². The number of aryl methyl sites for hydroxylation is 1. The van der Waals surface area contributed by atoms with Crippen LogP contribution in [0.15, 0.2) is 18.2 Å². The molecule has 0 radical (unpaired) electrons. The quantitative estimate of drug-likeness (QED) is 0.665. The average Bonchev–Trinajstić information content (AvgIpc) is 3.31. The van der Waals surface area contributed by atoms with E-state index in [4.69, 9.17) is 27.9 Å². The van der Waals surface area contributed by atoms with Gasteiger partial charge in [0.15, 0.2) is 0 Å². The number of pyridine rings is 1. The first-order chi connectivity index (χ1) is 15.5. The van der Waals surface area contributed by atoms with Crippen LogP contribution >= 0.6 is 23.2 Å². The Hall–Kier alpha value is -2.35. The lowest BCUT2D eigenvalue weighted by atomic mass is 9.93. The number of likely N-dealkylation sites (tertiary alicyclic amines) is 1. The minimum atomic E-state index is -0.580. The largest absolute Gasteiger partial charge is 0.444 e. The van der Waals surface area contributed by atoms with Crippen LogP contribution in [0.25, 0.3) is 11.1 Å².